The van der Waals surface area contributed by atoms with E-state index >= 15 is 0 Å². The summed E-state index contributed by atoms with van der Waals surface area (Å²) in [6.45, 7) is 2.46. The third kappa shape index (κ3) is 3.46. The first-order valence-electron chi connectivity index (χ1n) is 8.57. The molecule has 0 saturated heterocycles. The molecule has 0 bridgehead atoms. The van der Waals surface area contributed by atoms with Gasteiger partial charge in [-0.25, -0.2) is 0 Å². The van der Waals surface area contributed by atoms with Gasteiger partial charge in [-0.3, -0.25) is 4.79 Å². The van der Waals surface area contributed by atoms with Crippen molar-refractivity contribution in [2.75, 3.05) is 13.7 Å². The molecule has 0 aliphatic carbocycles. The average molecular weight is 414 g/mol. The Morgan fingerprint density at radius 3 is 2.64 bits per heavy atom. The van der Waals surface area contributed by atoms with Gasteiger partial charge in [0.15, 0.2) is 17.3 Å². The van der Waals surface area contributed by atoms with E-state index < -0.39 is 0 Å². The molecule has 28 heavy (non-hydrogen) atoms. The van der Waals surface area contributed by atoms with E-state index in [0.29, 0.717) is 38.4 Å². The highest BCUT2D eigenvalue weighted by molar-refractivity contribution is 7.15. The van der Waals surface area contributed by atoms with Gasteiger partial charge in [0.05, 0.1) is 18.2 Å². The van der Waals surface area contributed by atoms with Crippen LogP contribution in [0, 0.1) is 0 Å². The van der Waals surface area contributed by atoms with Crippen LogP contribution >= 0.6 is 22.9 Å². The summed E-state index contributed by atoms with van der Waals surface area (Å²) in [7, 11) is 1.59. The van der Waals surface area contributed by atoms with Crippen LogP contribution in [-0.2, 0) is 0 Å². The van der Waals surface area contributed by atoms with E-state index in [-0.39, 0.29) is 5.56 Å². The molecule has 0 spiro atoms. The summed E-state index contributed by atoms with van der Waals surface area (Å²) >= 11 is 7.20. The van der Waals surface area contributed by atoms with Gasteiger partial charge in [0, 0.05) is 10.6 Å². The van der Waals surface area contributed by atoms with Crippen LogP contribution in [0.3, 0.4) is 0 Å². The summed E-state index contributed by atoms with van der Waals surface area (Å²) in [5.41, 5.74) is 1.43. The van der Waals surface area contributed by atoms with Crippen LogP contribution in [0.2, 0.25) is 5.02 Å². The van der Waals surface area contributed by atoms with E-state index in [4.69, 9.17) is 21.1 Å². The quantitative estimate of drug-likeness (QED) is 0.501. The van der Waals surface area contributed by atoms with E-state index in [9.17, 15) is 4.79 Å². The molecular formula is C20H16ClN3O3S. The summed E-state index contributed by atoms with van der Waals surface area (Å²) in [4.78, 5) is 17.7. The minimum atomic E-state index is -0.208. The molecule has 0 atom stereocenters. The second-order valence-corrected chi connectivity index (χ2v) is 7.34. The number of rotatable bonds is 5. The molecule has 0 aliphatic heterocycles. The van der Waals surface area contributed by atoms with Crippen molar-refractivity contribution < 1.29 is 9.47 Å². The highest BCUT2D eigenvalue weighted by atomic mass is 35.5. The fraction of sp³-hybridized carbons (Fsp3) is 0.150. The molecule has 0 N–H and O–H groups in total. The highest BCUT2D eigenvalue weighted by Crippen LogP contribution is 2.28. The number of nitrogens with zero attached hydrogens (tertiary/aromatic N) is 3. The lowest BCUT2D eigenvalue weighted by Crippen LogP contribution is -2.23. The summed E-state index contributed by atoms with van der Waals surface area (Å²) in [6.07, 6.45) is 1.80. The molecular weight excluding hydrogens is 398 g/mol. The van der Waals surface area contributed by atoms with E-state index in [1.165, 1.54) is 15.9 Å². The van der Waals surface area contributed by atoms with E-state index in [1.807, 2.05) is 37.3 Å². The Balaban J connectivity index is 1.74. The second-order valence-electron chi connectivity index (χ2n) is 5.90. The second kappa shape index (κ2) is 7.61. The molecule has 0 unspecified atom stereocenters. The third-order valence-electron chi connectivity index (χ3n) is 4.07. The zero-order chi connectivity index (χ0) is 19.7. The molecule has 0 amide bonds. The Kier molecular flexibility index (Phi) is 5.02. The smallest absolute Gasteiger partial charge is 0.291 e. The SMILES string of the molecule is CCOc1ccc(C=c2sc3nc(-c4ccc(Cl)cc4)nn3c2=O)cc1OC. The Morgan fingerprint density at radius 1 is 1.18 bits per heavy atom. The number of hydrogen-bond acceptors (Lipinski definition) is 6. The summed E-state index contributed by atoms with van der Waals surface area (Å²) in [5, 5.41) is 4.98. The number of thiazole rings is 1. The van der Waals surface area contributed by atoms with Gasteiger partial charge in [-0.2, -0.15) is 9.50 Å². The van der Waals surface area contributed by atoms with Crippen LogP contribution < -0.4 is 19.6 Å². The Labute approximate surface area is 169 Å². The monoisotopic (exact) mass is 413 g/mol. The standard InChI is InChI=1S/C20H16ClN3O3S/c1-3-27-15-9-4-12(10-16(15)26-2)11-17-19(25)24-20(28-17)22-18(23-24)13-5-7-14(21)8-6-13/h4-11H,3H2,1-2H3. The van der Waals surface area contributed by atoms with Crippen molar-refractivity contribution in [3.8, 4) is 22.9 Å². The first-order chi connectivity index (χ1) is 13.6. The summed E-state index contributed by atoms with van der Waals surface area (Å²) in [5.74, 6) is 1.78. The predicted octanol–water partition coefficient (Wildman–Crippen LogP) is 3.43. The normalized spacial score (nSPS) is 11.9. The van der Waals surface area contributed by atoms with Crippen molar-refractivity contribution in [1.29, 1.82) is 0 Å². The van der Waals surface area contributed by atoms with Gasteiger partial charge in [-0.15, -0.1) is 5.10 Å². The third-order valence-corrected chi connectivity index (χ3v) is 5.28. The van der Waals surface area contributed by atoms with Crippen LogP contribution in [0.25, 0.3) is 22.4 Å². The highest BCUT2D eigenvalue weighted by Gasteiger charge is 2.12. The Hall–Kier alpha value is -2.90. The molecule has 2 heterocycles. The molecule has 142 valence electrons. The Bertz CT molecular complexity index is 1250. The molecule has 8 heteroatoms. The number of halogens is 1. The van der Waals surface area contributed by atoms with Gasteiger partial charge in [0.1, 0.15) is 0 Å². The van der Waals surface area contributed by atoms with Gasteiger partial charge in [-0.05, 0) is 55.0 Å². The maximum atomic E-state index is 12.7. The van der Waals surface area contributed by atoms with Crippen molar-refractivity contribution >= 4 is 34.0 Å². The molecule has 2 aromatic heterocycles. The Morgan fingerprint density at radius 2 is 1.96 bits per heavy atom. The maximum Gasteiger partial charge on any atom is 0.291 e. The predicted molar refractivity (Wildman–Crippen MR) is 111 cm³/mol. The van der Waals surface area contributed by atoms with Crippen molar-refractivity contribution in [1.82, 2.24) is 14.6 Å². The van der Waals surface area contributed by atoms with Gasteiger partial charge in [0.25, 0.3) is 5.56 Å². The maximum absolute atomic E-state index is 12.7. The number of hydrogen-bond donors (Lipinski definition) is 0. The van der Waals surface area contributed by atoms with Crippen molar-refractivity contribution in [3.05, 3.63) is 67.9 Å². The fourth-order valence-electron chi connectivity index (χ4n) is 2.76. The summed E-state index contributed by atoms with van der Waals surface area (Å²) < 4.78 is 12.8. The van der Waals surface area contributed by atoms with Crippen molar-refractivity contribution in [2.24, 2.45) is 0 Å². The molecule has 0 aliphatic rings. The van der Waals surface area contributed by atoms with Crippen molar-refractivity contribution in [3.63, 3.8) is 0 Å². The first-order valence-corrected chi connectivity index (χ1v) is 9.76. The number of benzene rings is 2. The lowest BCUT2D eigenvalue weighted by molar-refractivity contribution is 0.311. The largest absolute Gasteiger partial charge is 0.493 e. The number of methoxy groups -OCH3 is 1. The van der Waals surface area contributed by atoms with Crippen LogP contribution in [0.5, 0.6) is 11.5 Å². The summed E-state index contributed by atoms with van der Waals surface area (Å²) in [6, 6.07) is 12.7. The molecule has 4 rings (SSSR count). The zero-order valence-electron chi connectivity index (χ0n) is 15.2. The minimum Gasteiger partial charge on any atom is -0.493 e. The first kappa shape index (κ1) is 18.5. The van der Waals surface area contributed by atoms with E-state index in [2.05, 4.69) is 10.1 Å². The minimum absolute atomic E-state index is 0.208. The van der Waals surface area contributed by atoms with Gasteiger partial charge in [-0.1, -0.05) is 29.0 Å². The van der Waals surface area contributed by atoms with Crippen LogP contribution in [-0.4, -0.2) is 28.3 Å². The lowest BCUT2D eigenvalue weighted by atomic mass is 10.2. The number of ether oxygens (including phenoxy) is 2. The van der Waals surface area contributed by atoms with Gasteiger partial charge in [0.2, 0.25) is 4.96 Å². The fourth-order valence-corrected chi connectivity index (χ4v) is 3.79. The van der Waals surface area contributed by atoms with E-state index in [0.717, 1.165) is 11.1 Å². The topological polar surface area (TPSA) is 65.7 Å². The van der Waals surface area contributed by atoms with Crippen LogP contribution in [0.1, 0.15) is 12.5 Å². The van der Waals surface area contributed by atoms with Crippen LogP contribution in [0.15, 0.2) is 47.3 Å². The molecule has 4 aromatic rings. The molecule has 6 nitrogen and oxygen atoms in total. The number of aromatic nitrogens is 3. The van der Waals surface area contributed by atoms with Crippen molar-refractivity contribution in [2.45, 2.75) is 6.92 Å². The zero-order valence-corrected chi connectivity index (χ0v) is 16.8. The van der Waals surface area contributed by atoms with Gasteiger partial charge < -0.3 is 9.47 Å². The van der Waals surface area contributed by atoms with Crippen LogP contribution in [0.4, 0.5) is 0 Å². The number of fused-ring (bicyclic) bond motifs is 1. The lowest BCUT2D eigenvalue weighted by Gasteiger charge is -2.09. The average Bonchev–Trinajstić information content (AvgIpc) is 3.23. The molecule has 0 fully saturated rings. The molecule has 0 radical (unpaired) electrons. The van der Waals surface area contributed by atoms with Gasteiger partial charge >= 0.3 is 0 Å². The van der Waals surface area contributed by atoms with E-state index in [1.54, 1.807) is 25.3 Å². The molecule has 2 aromatic carbocycles. The molecule has 0 saturated carbocycles.